The molecule has 0 saturated heterocycles. The smallest absolute Gasteiger partial charge is 0.157 e. The van der Waals surface area contributed by atoms with Gasteiger partial charge in [-0.25, -0.2) is 9.67 Å². The third-order valence-corrected chi connectivity index (χ3v) is 2.74. The summed E-state index contributed by atoms with van der Waals surface area (Å²) in [6.45, 7) is 8.32. The molecule has 0 bridgehead atoms. The number of pyridine rings is 1. The molecule has 0 spiro atoms. The van der Waals surface area contributed by atoms with Crippen LogP contribution in [-0.2, 0) is 6.54 Å². The van der Waals surface area contributed by atoms with Gasteiger partial charge in [-0.1, -0.05) is 6.92 Å². The summed E-state index contributed by atoms with van der Waals surface area (Å²) in [7, 11) is 0. The zero-order chi connectivity index (χ0) is 12.3. The fraction of sp³-hybridized carbons (Fsp3) is 0.538. The lowest BCUT2D eigenvalue weighted by molar-refractivity contribution is 0.546. The Morgan fingerprint density at radius 2 is 2.18 bits per heavy atom. The maximum atomic E-state index is 4.50. The van der Waals surface area contributed by atoms with Crippen LogP contribution in [0.3, 0.4) is 0 Å². The summed E-state index contributed by atoms with van der Waals surface area (Å²) < 4.78 is 1.96. The highest BCUT2D eigenvalue weighted by Gasteiger charge is 2.07. The zero-order valence-electron chi connectivity index (χ0n) is 10.8. The van der Waals surface area contributed by atoms with Crippen molar-refractivity contribution < 1.29 is 0 Å². The van der Waals surface area contributed by atoms with Crippen molar-refractivity contribution in [2.24, 2.45) is 0 Å². The van der Waals surface area contributed by atoms with Gasteiger partial charge in [0.25, 0.3) is 0 Å². The van der Waals surface area contributed by atoms with E-state index in [9.17, 15) is 0 Å². The summed E-state index contributed by atoms with van der Waals surface area (Å²) in [5.74, 6) is 0. The second-order valence-electron chi connectivity index (χ2n) is 4.62. The largest absolute Gasteiger partial charge is 0.313 e. The lowest BCUT2D eigenvalue weighted by Crippen LogP contribution is -2.13. The van der Waals surface area contributed by atoms with E-state index in [2.05, 4.69) is 42.2 Å². The average molecular weight is 232 g/mol. The third-order valence-electron chi connectivity index (χ3n) is 2.74. The van der Waals surface area contributed by atoms with E-state index in [1.54, 1.807) is 0 Å². The third kappa shape index (κ3) is 2.64. The first-order valence-electron chi connectivity index (χ1n) is 6.25. The monoisotopic (exact) mass is 232 g/mol. The topological polar surface area (TPSA) is 42.7 Å². The van der Waals surface area contributed by atoms with Crippen molar-refractivity contribution in [2.45, 2.75) is 39.8 Å². The van der Waals surface area contributed by atoms with Crippen LogP contribution in [0.1, 0.15) is 38.8 Å². The first-order chi connectivity index (χ1) is 8.22. The molecule has 2 aromatic rings. The number of rotatable bonds is 5. The predicted octanol–water partition coefficient (Wildman–Crippen LogP) is 2.51. The maximum Gasteiger partial charge on any atom is 0.157 e. The minimum absolute atomic E-state index is 0.351. The van der Waals surface area contributed by atoms with E-state index in [0.29, 0.717) is 6.04 Å². The van der Waals surface area contributed by atoms with Gasteiger partial charge in [0.15, 0.2) is 5.65 Å². The van der Waals surface area contributed by atoms with E-state index in [1.807, 2.05) is 17.1 Å². The molecule has 0 aliphatic rings. The van der Waals surface area contributed by atoms with Gasteiger partial charge in [0.2, 0.25) is 0 Å². The van der Waals surface area contributed by atoms with Gasteiger partial charge in [0.05, 0.1) is 6.20 Å². The van der Waals surface area contributed by atoms with Crippen LogP contribution in [0, 0.1) is 0 Å². The van der Waals surface area contributed by atoms with Gasteiger partial charge in [-0.05, 0) is 38.4 Å². The van der Waals surface area contributed by atoms with Gasteiger partial charge in [0.1, 0.15) is 0 Å². The number of hydrogen-bond acceptors (Lipinski definition) is 3. The Morgan fingerprint density at radius 1 is 1.35 bits per heavy atom. The molecule has 0 aliphatic carbocycles. The van der Waals surface area contributed by atoms with Crippen LogP contribution in [-0.4, -0.2) is 21.3 Å². The van der Waals surface area contributed by atoms with Crippen LogP contribution < -0.4 is 5.32 Å². The molecule has 0 amide bonds. The number of aromatic nitrogens is 3. The lowest BCUT2D eigenvalue weighted by atomic mass is 10.2. The van der Waals surface area contributed by atoms with E-state index in [4.69, 9.17) is 0 Å². The molecule has 17 heavy (non-hydrogen) atoms. The van der Waals surface area contributed by atoms with E-state index < -0.39 is 0 Å². The molecule has 4 heteroatoms. The second kappa shape index (κ2) is 5.27. The molecule has 0 aliphatic heterocycles. The van der Waals surface area contributed by atoms with Crippen LogP contribution >= 0.6 is 0 Å². The molecule has 0 radical (unpaired) electrons. The summed E-state index contributed by atoms with van der Waals surface area (Å²) in [6.07, 6.45) is 4.98. The SMILES string of the molecule is CCCNCc1cnc2c(cnn2C(C)C)c1. The van der Waals surface area contributed by atoms with Crippen molar-refractivity contribution in [3.05, 3.63) is 24.0 Å². The molecular formula is C13H20N4. The van der Waals surface area contributed by atoms with Crippen molar-refractivity contribution in [3.63, 3.8) is 0 Å². The molecule has 4 nitrogen and oxygen atoms in total. The molecule has 1 N–H and O–H groups in total. The Balaban J connectivity index is 2.20. The van der Waals surface area contributed by atoms with E-state index in [-0.39, 0.29) is 0 Å². The van der Waals surface area contributed by atoms with Gasteiger partial charge in [-0.3, -0.25) is 0 Å². The Bertz CT molecular complexity index is 487. The van der Waals surface area contributed by atoms with Gasteiger partial charge >= 0.3 is 0 Å². The maximum absolute atomic E-state index is 4.50. The number of fused-ring (bicyclic) bond motifs is 1. The molecule has 0 unspecified atom stereocenters. The summed E-state index contributed by atoms with van der Waals surface area (Å²) in [5, 5.41) is 8.86. The van der Waals surface area contributed by atoms with Crippen molar-refractivity contribution in [1.29, 1.82) is 0 Å². The molecule has 0 aromatic carbocycles. The summed E-state index contributed by atoms with van der Waals surface area (Å²) in [5.41, 5.74) is 2.19. The second-order valence-corrected chi connectivity index (χ2v) is 4.62. The van der Waals surface area contributed by atoms with Crippen molar-refractivity contribution >= 4 is 11.0 Å². The normalized spacial score (nSPS) is 11.5. The van der Waals surface area contributed by atoms with Crippen LogP contribution in [0.25, 0.3) is 11.0 Å². The average Bonchev–Trinajstić information content (AvgIpc) is 2.72. The first-order valence-corrected chi connectivity index (χ1v) is 6.25. The van der Waals surface area contributed by atoms with Crippen molar-refractivity contribution in [2.75, 3.05) is 6.54 Å². The standard InChI is InChI=1S/C13H20N4/c1-4-5-14-7-11-6-12-9-16-17(10(2)3)13(12)15-8-11/h6,8-10,14H,4-5,7H2,1-3H3. The van der Waals surface area contributed by atoms with Gasteiger partial charge < -0.3 is 5.32 Å². The number of hydrogen-bond donors (Lipinski definition) is 1. The van der Waals surface area contributed by atoms with Gasteiger partial charge in [0, 0.05) is 24.2 Å². The molecule has 92 valence electrons. The van der Waals surface area contributed by atoms with E-state index >= 15 is 0 Å². The minimum Gasteiger partial charge on any atom is -0.313 e. The molecular weight excluding hydrogens is 212 g/mol. The predicted molar refractivity (Wildman–Crippen MR) is 69.9 cm³/mol. The van der Waals surface area contributed by atoms with Crippen molar-refractivity contribution in [1.82, 2.24) is 20.1 Å². The Hall–Kier alpha value is -1.42. The first kappa shape index (κ1) is 12.0. The fourth-order valence-corrected chi connectivity index (χ4v) is 1.87. The fourth-order valence-electron chi connectivity index (χ4n) is 1.87. The summed E-state index contributed by atoms with van der Waals surface area (Å²) in [4.78, 5) is 4.50. The van der Waals surface area contributed by atoms with E-state index in [0.717, 1.165) is 30.5 Å². The van der Waals surface area contributed by atoms with Crippen LogP contribution in [0.2, 0.25) is 0 Å². The van der Waals surface area contributed by atoms with Gasteiger partial charge in [-0.15, -0.1) is 0 Å². The molecule has 2 heterocycles. The van der Waals surface area contributed by atoms with Crippen LogP contribution in [0.5, 0.6) is 0 Å². The Morgan fingerprint density at radius 3 is 2.88 bits per heavy atom. The Kier molecular flexibility index (Phi) is 3.74. The van der Waals surface area contributed by atoms with Crippen LogP contribution in [0.15, 0.2) is 18.5 Å². The summed E-state index contributed by atoms with van der Waals surface area (Å²) >= 11 is 0. The zero-order valence-corrected chi connectivity index (χ0v) is 10.8. The highest BCUT2D eigenvalue weighted by molar-refractivity contribution is 5.75. The molecule has 0 fully saturated rings. The van der Waals surface area contributed by atoms with Crippen molar-refractivity contribution in [3.8, 4) is 0 Å². The molecule has 0 atom stereocenters. The molecule has 2 aromatic heterocycles. The van der Waals surface area contributed by atoms with E-state index in [1.165, 1.54) is 5.56 Å². The van der Waals surface area contributed by atoms with Gasteiger partial charge in [-0.2, -0.15) is 5.10 Å². The van der Waals surface area contributed by atoms with Crippen LogP contribution in [0.4, 0.5) is 0 Å². The number of nitrogens with zero attached hydrogens (tertiary/aromatic N) is 3. The quantitative estimate of drug-likeness (QED) is 0.805. The molecule has 0 saturated carbocycles. The lowest BCUT2D eigenvalue weighted by Gasteiger charge is -2.07. The highest BCUT2D eigenvalue weighted by atomic mass is 15.3. The Labute approximate surface area is 102 Å². The highest BCUT2D eigenvalue weighted by Crippen LogP contribution is 2.16. The number of nitrogens with one attached hydrogen (secondary N) is 1. The molecule has 2 rings (SSSR count). The minimum atomic E-state index is 0.351. The summed E-state index contributed by atoms with van der Waals surface area (Å²) in [6, 6.07) is 2.51.